The normalized spacial score (nSPS) is 12.2. The summed E-state index contributed by atoms with van der Waals surface area (Å²) in [4.78, 5) is 1.22. The van der Waals surface area contributed by atoms with Crippen molar-refractivity contribution in [2.75, 3.05) is 0 Å². The molecule has 0 bridgehead atoms. The van der Waals surface area contributed by atoms with Gasteiger partial charge in [-0.25, -0.2) is 13.1 Å². The van der Waals surface area contributed by atoms with Crippen LogP contribution in [0.3, 0.4) is 0 Å². The Morgan fingerprint density at radius 3 is 2.76 bits per heavy atom. The van der Waals surface area contributed by atoms with Gasteiger partial charge < -0.3 is 5.32 Å². The van der Waals surface area contributed by atoms with Crippen molar-refractivity contribution in [3.8, 4) is 0 Å². The average Bonchev–Trinajstić information content (AvgIpc) is 3.03. The van der Waals surface area contributed by atoms with Gasteiger partial charge in [-0.1, -0.05) is 19.9 Å². The predicted molar refractivity (Wildman–Crippen MR) is 83.6 cm³/mol. The van der Waals surface area contributed by atoms with E-state index in [1.807, 2.05) is 31.4 Å². The quantitative estimate of drug-likeness (QED) is 0.723. The summed E-state index contributed by atoms with van der Waals surface area (Å²) in [5, 5.41) is 12.0. The second kappa shape index (κ2) is 6.69. The molecule has 0 spiro atoms. The van der Waals surface area contributed by atoms with Gasteiger partial charge in [-0.15, -0.1) is 11.3 Å². The van der Waals surface area contributed by atoms with E-state index in [0.717, 1.165) is 4.88 Å². The number of nitrogens with one attached hydrogen (secondary N) is 3. The van der Waals surface area contributed by atoms with Crippen molar-refractivity contribution < 1.29 is 8.42 Å². The maximum atomic E-state index is 12.5. The molecule has 2 aromatic rings. The number of rotatable bonds is 7. The van der Waals surface area contributed by atoms with Crippen molar-refractivity contribution in [2.45, 2.75) is 44.8 Å². The molecular formula is C13H20N4O2S2. The molecule has 0 unspecified atom stereocenters. The lowest BCUT2D eigenvalue weighted by atomic mass is 10.3. The summed E-state index contributed by atoms with van der Waals surface area (Å²) < 4.78 is 27.6. The zero-order chi connectivity index (χ0) is 15.5. The molecule has 0 saturated heterocycles. The third kappa shape index (κ3) is 4.13. The van der Waals surface area contributed by atoms with Crippen LogP contribution in [0, 0.1) is 6.92 Å². The van der Waals surface area contributed by atoms with Crippen LogP contribution in [0.1, 0.15) is 30.1 Å². The van der Waals surface area contributed by atoms with Gasteiger partial charge in [0, 0.05) is 24.0 Å². The van der Waals surface area contributed by atoms with Crippen LogP contribution in [0.4, 0.5) is 0 Å². The fourth-order valence-electron chi connectivity index (χ4n) is 1.90. The number of aromatic nitrogens is 2. The highest BCUT2D eigenvalue weighted by Crippen LogP contribution is 2.18. The molecule has 0 radical (unpaired) electrons. The minimum Gasteiger partial charge on any atom is -0.309 e. The van der Waals surface area contributed by atoms with Crippen LogP contribution >= 0.6 is 11.3 Å². The van der Waals surface area contributed by atoms with Crippen molar-refractivity contribution in [1.29, 1.82) is 0 Å². The largest absolute Gasteiger partial charge is 0.309 e. The molecule has 8 heteroatoms. The number of nitrogens with zero attached hydrogens (tertiary/aromatic N) is 1. The van der Waals surface area contributed by atoms with Gasteiger partial charge in [0.15, 0.2) is 0 Å². The minimum atomic E-state index is -3.58. The molecule has 0 atom stereocenters. The summed E-state index contributed by atoms with van der Waals surface area (Å²) in [6.45, 7) is 6.43. The third-order valence-electron chi connectivity index (χ3n) is 2.92. The fourth-order valence-corrected chi connectivity index (χ4v) is 4.00. The third-order valence-corrected chi connectivity index (χ3v) is 5.40. The van der Waals surface area contributed by atoms with Gasteiger partial charge in [-0.3, -0.25) is 5.10 Å². The summed E-state index contributed by atoms with van der Waals surface area (Å²) in [6.07, 6.45) is 0. The lowest BCUT2D eigenvalue weighted by Crippen LogP contribution is -2.27. The fraction of sp³-hybridized carbons (Fsp3) is 0.462. The molecule has 0 amide bonds. The van der Waals surface area contributed by atoms with Crippen LogP contribution in [0.2, 0.25) is 0 Å². The molecule has 0 aliphatic rings. The lowest BCUT2D eigenvalue weighted by Gasteiger charge is -2.09. The molecule has 2 aromatic heterocycles. The van der Waals surface area contributed by atoms with E-state index >= 15 is 0 Å². The molecule has 0 aliphatic carbocycles. The molecule has 0 saturated carbocycles. The maximum absolute atomic E-state index is 12.5. The lowest BCUT2D eigenvalue weighted by molar-refractivity contribution is 0.564. The van der Waals surface area contributed by atoms with Gasteiger partial charge >= 0.3 is 0 Å². The first-order valence-corrected chi connectivity index (χ1v) is 9.05. The molecule has 21 heavy (non-hydrogen) atoms. The van der Waals surface area contributed by atoms with Crippen molar-refractivity contribution in [3.63, 3.8) is 0 Å². The van der Waals surface area contributed by atoms with Crippen LogP contribution in [0.25, 0.3) is 0 Å². The van der Waals surface area contributed by atoms with Gasteiger partial charge in [-0.2, -0.15) is 5.10 Å². The number of hydrogen-bond donors (Lipinski definition) is 3. The molecule has 0 aliphatic heterocycles. The Hall–Kier alpha value is -1.22. The Balaban J connectivity index is 2.16. The molecule has 0 fully saturated rings. The number of sulfonamides is 1. The van der Waals surface area contributed by atoms with E-state index in [0.29, 0.717) is 24.5 Å². The van der Waals surface area contributed by atoms with Gasteiger partial charge in [-0.05, 0) is 18.4 Å². The molecule has 2 heterocycles. The zero-order valence-electron chi connectivity index (χ0n) is 12.3. The topological polar surface area (TPSA) is 86.9 Å². The average molecular weight is 328 g/mol. The SMILES string of the molecule is Cc1[nH]nc(CNC(C)C)c1S(=O)(=O)NCc1cccs1. The molecule has 2 rings (SSSR count). The second-order valence-electron chi connectivity index (χ2n) is 5.06. The number of hydrogen-bond acceptors (Lipinski definition) is 5. The molecule has 0 aromatic carbocycles. The van der Waals surface area contributed by atoms with Crippen LogP contribution in [0.5, 0.6) is 0 Å². The van der Waals surface area contributed by atoms with E-state index in [1.165, 1.54) is 11.3 Å². The number of H-pyrrole nitrogens is 1. The van der Waals surface area contributed by atoms with Crippen LogP contribution in [-0.4, -0.2) is 24.7 Å². The highest BCUT2D eigenvalue weighted by Gasteiger charge is 2.24. The summed E-state index contributed by atoms with van der Waals surface area (Å²) in [5.74, 6) is 0. The van der Waals surface area contributed by atoms with Crippen molar-refractivity contribution >= 4 is 21.4 Å². The first-order chi connectivity index (χ1) is 9.90. The molecular weight excluding hydrogens is 308 g/mol. The first kappa shape index (κ1) is 16.2. The molecule has 116 valence electrons. The second-order valence-corrected chi connectivity index (χ2v) is 7.80. The van der Waals surface area contributed by atoms with Crippen LogP contribution < -0.4 is 10.0 Å². The van der Waals surface area contributed by atoms with Crippen molar-refractivity contribution in [2.24, 2.45) is 0 Å². The van der Waals surface area contributed by atoms with E-state index in [2.05, 4.69) is 20.2 Å². The monoisotopic (exact) mass is 328 g/mol. The minimum absolute atomic E-state index is 0.243. The Bertz CT molecular complexity index is 675. The smallest absolute Gasteiger partial charge is 0.244 e. The standard InChI is InChI=1S/C13H20N4O2S2/c1-9(2)14-8-12-13(10(3)16-17-12)21(18,19)15-7-11-5-4-6-20-11/h4-6,9,14-15H,7-8H2,1-3H3,(H,16,17). The Kier molecular flexibility index (Phi) is 5.15. The van der Waals surface area contributed by atoms with E-state index in [9.17, 15) is 8.42 Å². The van der Waals surface area contributed by atoms with Crippen LogP contribution in [-0.2, 0) is 23.1 Å². The van der Waals surface area contributed by atoms with Gasteiger partial charge in [0.2, 0.25) is 10.0 Å². The highest BCUT2D eigenvalue weighted by atomic mass is 32.2. The van der Waals surface area contributed by atoms with E-state index < -0.39 is 10.0 Å². The molecule has 6 nitrogen and oxygen atoms in total. The highest BCUT2D eigenvalue weighted by molar-refractivity contribution is 7.89. The summed E-state index contributed by atoms with van der Waals surface area (Å²) >= 11 is 1.52. The Labute approximate surface area is 129 Å². The number of aryl methyl sites for hydroxylation is 1. The van der Waals surface area contributed by atoms with Gasteiger partial charge in [0.1, 0.15) is 4.90 Å². The van der Waals surface area contributed by atoms with E-state index in [4.69, 9.17) is 0 Å². The van der Waals surface area contributed by atoms with Crippen molar-refractivity contribution in [3.05, 3.63) is 33.8 Å². The summed E-state index contributed by atoms with van der Waals surface area (Å²) in [6, 6.07) is 4.06. The number of aromatic amines is 1. The molecule has 3 N–H and O–H groups in total. The maximum Gasteiger partial charge on any atom is 0.244 e. The van der Waals surface area contributed by atoms with E-state index in [1.54, 1.807) is 6.92 Å². The van der Waals surface area contributed by atoms with E-state index in [-0.39, 0.29) is 10.9 Å². The first-order valence-electron chi connectivity index (χ1n) is 6.69. The Morgan fingerprint density at radius 2 is 2.14 bits per heavy atom. The zero-order valence-corrected chi connectivity index (χ0v) is 13.9. The summed E-state index contributed by atoms with van der Waals surface area (Å²) in [7, 11) is -3.58. The predicted octanol–water partition coefficient (Wildman–Crippen LogP) is 1.76. The summed E-state index contributed by atoms with van der Waals surface area (Å²) in [5.41, 5.74) is 1.06. The van der Waals surface area contributed by atoms with Gasteiger partial charge in [0.25, 0.3) is 0 Å². The number of thiophene rings is 1. The van der Waals surface area contributed by atoms with Crippen LogP contribution in [0.15, 0.2) is 22.4 Å². The Morgan fingerprint density at radius 1 is 1.38 bits per heavy atom. The van der Waals surface area contributed by atoms with Gasteiger partial charge in [0.05, 0.1) is 11.4 Å². The van der Waals surface area contributed by atoms with Crippen molar-refractivity contribution in [1.82, 2.24) is 20.2 Å².